The number of nitrogens with zero attached hydrogens (tertiary/aromatic N) is 8. The molecule has 6 rings (SSSR count). The van der Waals surface area contributed by atoms with Crippen LogP contribution in [0.3, 0.4) is 0 Å². The summed E-state index contributed by atoms with van der Waals surface area (Å²) in [6.07, 6.45) is 13.0. The van der Waals surface area contributed by atoms with Crippen LogP contribution in [0.5, 0.6) is 0 Å². The standard InChI is InChI=1S/C27H24F2N8O/c1-27(38,22-4-3-21(28)10-23(22)29)20-12-30-25(31-13-20)17-5-7-36(8-6-17)26-24-9-18(15-37(24)34-16-32-26)19-11-33-35(2)14-19/h3-5,9-16,38H,6-8H2,1-2H3/t27-/m1/s1. The number of fused-ring (bicyclic) bond motifs is 1. The minimum absolute atomic E-state index is 0.0454. The summed E-state index contributed by atoms with van der Waals surface area (Å²) in [7, 11) is 1.88. The van der Waals surface area contributed by atoms with Gasteiger partial charge in [0.25, 0.3) is 0 Å². The Morgan fingerprint density at radius 1 is 0.974 bits per heavy atom. The molecule has 1 aliphatic heterocycles. The lowest BCUT2D eigenvalue weighted by Crippen LogP contribution is -2.30. The summed E-state index contributed by atoms with van der Waals surface area (Å²) in [6, 6.07) is 5.14. The number of benzene rings is 1. The second kappa shape index (κ2) is 9.10. The largest absolute Gasteiger partial charge is 0.380 e. The molecule has 0 saturated carbocycles. The van der Waals surface area contributed by atoms with E-state index in [4.69, 9.17) is 0 Å². The van der Waals surface area contributed by atoms with E-state index in [-0.39, 0.29) is 5.56 Å². The maximum Gasteiger partial charge on any atom is 0.156 e. The van der Waals surface area contributed by atoms with Crippen LogP contribution in [-0.2, 0) is 12.6 Å². The van der Waals surface area contributed by atoms with Gasteiger partial charge in [-0.05, 0) is 37.1 Å². The molecule has 11 heteroatoms. The summed E-state index contributed by atoms with van der Waals surface area (Å²) in [5.74, 6) is -0.165. The van der Waals surface area contributed by atoms with Crippen molar-refractivity contribution in [3.63, 3.8) is 0 Å². The third-order valence-corrected chi connectivity index (χ3v) is 6.89. The van der Waals surface area contributed by atoms with E-state index in [1.54, 1.807) is 11.0 Å². The summed E-state index contributed by atoms with van der Waals surface area (Å²) in [6.45, 7) is 2.75. The van der Waals surface area contributed by atoms with E-state index in [1.165, 1.54) is 25.4 Å². The quantitative estimate of drug-likeness (QED) is 0.382. The average Bonchev–Trinajstić information content (AvgIpc) is 3.55. The van der Waals surface area contributed by atoms with Gasteiger partial charge in [0.05, 0.1) is 6.20 Å². The summed E-state index contributed by atoms with van der Waals surface area (Å²) < 4.78 is 31.2. The fraction of sp³-hybridized carbons (Fsp3) is 0.222. The highest BCUT2D eigenvalue weighted by Crippen LogP contribution is 2.32. The van der Waals surface area contributed by atoms with Gasteiger partial charge in [-0.3, -0.25) is 4.68 Å². The highest BCUT2D eigenvalue weighted by atomic mass is 19.1. The minimum Gasteiger partial charge on any atom is -0.380 e. The molecule has 0 aliphatic carbocycles. The lowest BCUT2D eigenvalue weighted by molar-refractivity contribution is 0.0970. The third-order valence-electron chi connectivity index (χ3n) is 6.89. The van der Waals surface area contributed by atoms with Gasteiger partial charge in [0.2, 0.25) is 0 Å². The van der Waals surface area contributed by atoms with Gasteiger partial charge in [0, 0.05) is 73.2 Å². The van der Waals surface area contributed by atoms with Gasteiger partial charge < -0.3 is 10.0 Å². The van der Waals surface area contributed by atoms with Crippen LogP contribution in [0.25, 0.3) is 22.2 Å². The molecule has 4 aromatic heterocycles. The van der Waals surface area contributed by atoms with Gasteiger partial charge in [-0.2, -0.15) is 10.2 Å². The van der Waals surface area contributed by atoms with Crippen LogP contribution < -0.4 is 4.90 Å². The number of aliphatic hydroxyl groups is 1. The van der Waals surface area contributed by atoms with E-state index in [9.17, 15) is 13.9 Å². The highest BCUT2D eigenvalue weighted by molar-refractivity contribution is 5.78. The molecule has 0 saturated heterocycles. The van der Waals surface area contributed by atoms with E-state index < -0.39 is 17.2 Å². The Labute approximate surface area is 216 Å². The molecule has 192 valence electrons. The van der Waals surface area contributed by atoms with Crippen LogP contribution >= 0.6 is 0 Å². The van der Waals surface area contributed by atoms with E-state index in [0.717, 1.165) is 40.2 Å². The average molecular weight is 515 g/mol. The molecule has 0 amide bonds. The Hall–Kier alpha value is -4.51. The van der Waals surface area contributed by atoms with Gasteiger partial charge in [-0.25, -0.2) is 28.2 Å². The SMILES string of the molecule is Cn1cc(-c2cc3c(N4CC=C(c5ncc([C@@](C)(O)c6ccc(F)cc6F)cn5)CC4)ncnn3c2)cn1. The van der Waals surface area contributed by atoms with Crippen molar-refractivity contribution >= 4 is 16.9 Å². The lowest BCUT2D eigenvalue weighted by Gasteiger charge is -2.27. The Morgan fingerprint density at radius 2 is 1.79 bits per heavy atom. The molecule has 1 N–H and O–H groups in total. The van der Waals surface area contributed by atoms with Gasteiger partial charge in [0.1, 0.15) is 29.1 Å². The zero-order valence-electron chi connectivity index (χ0n) is 20.8. The van der Waals surface area contributed by atoms with E-state index in [1.807, 2.05) is 30.2 Å². The number of hydrogen-bond acceptors (Lipinski definition) is 7. The predicted molar refractivity (Wildman–Crippen MR) is 137 cm³/mol. The highest BCUT2D eigenvalue weighted by Gasteiger charge is 2.30. The van der Waals surface area contributed by atoms with Crippen molar-refractivity contribution in [3.8, 4) is 11.1 Å². The second-order valence-corrected chi connectivity index (χ2v) is 9.46. The first-order valence-corrected chi connectivity index (χ1v) is 12.1. The molecule has 0 fully saturated rings. The van der Waals surface area contributed by atoms with E-state index >= 15 is 0 Å². The maximum atomic E-state index is 14.3. The van der Waals surface area contributed by atoms with Crippen molar-refractivity contribution in [2.45, 2.75) is 18.9 Å². The van der Waals surface area contributed by atoms with Crippen molar-refractivity contribution in [2.75, 3.05) is 18.0 Å². The Bertz CT molecular complexity index is 1670. The lowest BCUT2D eigenvalue weighted by atomic mass is 9.89. The Balaban J connectivity index is 1.22. The Kier molecular flexibility index (Phi) is 5.72. The predicted octanol–water partition coefficient (Wildman–Crippen LogP) is 3.75. The zero-order chi connectivity index (χ0) is 26.4. The molecule has 0 spiro atoms. The van der Waals surface area contributed by atoms with Crippen LogP contribution in [0.2, 0.25) is 0 Å². The van der Waals surface area contributed by atoms with Crippen molar-refractivity contribution in [1.29, 1.82) is 0 Å². The first-order chi connectivity index (χ1) is 18.3. The normalized spacial score (nSPS) is 15.5. The Morgan fingerprint density at radius 3 is 2.47 bits per heavy atom. The molecule has 38 heavy (non-hydrogen) atoms. The fourth-order valence-corrected chi connectivity index (χ4v) is 4.74. The van der Waals surface area contributed by atoms with Crippen LogP contribution in [-0.4, -0.2) is 52.5 Å². The van der Waals surface area contributed by atoms with E-state index in [0.29, 0.717) is 30.9 Å². The molecule has 0 unspecified atom stereocenters. The first kappa shape index (κ1) is 23.9. The molecule has 9 nitrogen and oxygen atoms in total. The number of aryl methyl sites for hydroxylation is 1. The molecule has 0 bridgehead atoms. The third kappa shape index (κ3) is 4.20. The number of aromatic nitrogens is 7. The summed E-state index contributed by atoms with van der Waals surface area (Å²) >= 11 is 0. The first-order valence-electron chi connectivity index (χ1n) is 12.1. The molecule has 5 heterocycles. The second-order valence-electron chi connectivity index (χ2n) is 9.46. The minimum atomic E-state index is -1.71. The van der Waals surface area contributed by atoms with Crippen LogP contribution in [0.15, 0.2) is 67.7 Å². The number of rotatable bonds is 5. The summed E-state index contributed by atoms with van der Waals surface area (Å²) in [4.78, 5) is 15.6. The molecular weight excluding hydrogens is 490 g/mol. The monoisotopic (exact) mass is 514 g/mol. The molecule has 5 aromatic rings. The maximum absolute atomic E-state index is 14.3. The van der Waals surface area contributed by atoms with Crippen LogP contribution in [0, 0.1) is 11.6 Å². The number of anilines is 1. The van der Waals surface area contributed by atoms with Crippen LogP contribution in [0.4, 0.5) is 14.6 Å². The molecule has 1 aromatic carbocycles. The number of hydrogen-bond donors (Lipinski definition) is 1. The van der Waals surface area contributed by atoms with Gasteiger partial charge in [-0.1, -0.05) is 6.08 Å². The van der Waals surface area contributed by atoms with Crippen molar-refractivity contribution in [1.82, 2.24) is 34.3 Å². The van der Waals surface area contributed by atoms with Crippen molar-refractivity contribution in [2.24, 2.45) is 7.05 Å². The fourth-order valence-electron chi connectivity index (χ4n) is 4.74. The zero-order valence-corrected chi connectivity index (χ0v) is 20.8. The summed E-state index contributed by atoms with van der Waals surface area (Å²) in [5, 5.41) is 19.6. The summed E-state index contributed by atoms with van der Waals surface area (Å²) in [5.41, 5.74) is 2.44. The topological polar surface area (TPSA) is 97.3 Å². The van der Waals surface area contributed by atoms with Gasteiger partial charge in [-0.15, -0.1) is 0 Å². The van der Waals surface area contributed by atoms with Gasteiger partial charge >= 0.3 is 0 Å². The molecule has 1 atom stereocenters. The molecule has 1 aliphatic rings. The van der Waals surface area contributed by atoms with Crippen molar-refractivity contribution in [3.05, 3.63) is 96.2 Å². The number of halogens is 2. The van der Waals surface area contributed by atoms with Gasteiger partial charge in [0.15, 0.2) is 11.6 Å². The van der Waals surface area contributed by atoms with Crippen molar-refractivity contribution < 1.29 is 13.9 Å². The van der Waals surface area contributed by atoms with Crippen LogP contribution in [0.1, 0.15) is 30.3 Å². The molecular formula is C27H24F2N8O. The smallest absolute Gasteiger partial charge is 0.156 e. The van der Waals surface area contributed by atoms with E-state index in [2.05, 4.69) is 42.2 Å². The molecule has 0 radical (unpaired) electrons.